The number of fused-ring (bicyclic) bond motifs is 1. The first-order valence-corrected chi connectivity index (χ1v) is 6.52. The van der Waals surface area contributed by atoms with Crippen molar-refractivity contribution in [3.63, 3.8) is 0 Å². The molecule has 3 rings (SSSR count). The van der Waals surface area contributed by atoms with Gasteiger partial charge in [0, 0.05) is 24.4 Å². The van der Waals surface area contributed by atoms with Gasteiger partial charge in [-0.3, -0.25) is 9.78 Å². The van der Waals surface area contributed by atoms with Gasteiger partial charge in [-0.05, 0) is 30.5 Å². The van der Waals surface area contributed by atoms with Crippen LogP contribution in [-0.4, -0.2) is 10.8 Å². The van der Waals surface area contributed by atoms with E-state index in [4.69, 9.17) is 0 Å². The average Bonchev–Trinajstić information content (AvgIpc) is 2.48. The lowest BCUT2D eigenvalue weighted by atomic mass is 9.69. The van der Waals surface area contributed by atoms with Crippen LogP contribution in [0.25, 0.3) is 10.9 Å². The predicted octanol–water partition coefficient (Wildman–Crippen LogP) is 3.14. The molecule has 0 aliphatic heterocycles. The summed E-state index contributed by atoms with van der Waals surface area (Å²) in [4.78, 5) is 15.8. The number of nitriles is 1. The van der Waals surface area contributed by atoms with Gasteiger partial charge in [0.15, 0.2) is 0 Å². The number of aromatic nitrogens is 1. The van der Waals surface area contributed by atoms with Crippen LogP contribution in [0, 0.1) is 11.3 Å². The van der Waals surface area contributed by atoms with Crippen molar-refractivity contribution in [2.24, 2.45) is 0 Å². The summed E-state index contributed by atoms with van der Waals surface area (Å²) in [5.74, 6) is 0.268. The van der Waals surface area contributed by atoms with Crippen LogP contribution in [0.5, 0.6) is 0 Å². The highest BCUT2D eigenvalue weighted by atomic mass is 16.1. The second kappa shape index (κ2) is 4.47. The summed E-state index contributed by atoms with van der Waals surface area (Å²) in [5.41, 5.74) is 1.40. The Kier molecular flexibility index (Phi) is 2.79. The largest absolute Gasteiger partial charge is 0.300 e. The minimum atomic E-state index is -0.531. The quantitative estimate of drug-likeness (QED) is 0.781. The van der Waals surface area contributed by atoms with Crippen molar-refractivity contribution in [1.29, 1.82) is 5.26 Å². The molecule has 1 aromatic carbocycles. The van der Waals surface area contributed by atoms with Gasteiger partial charge < -0.3 is 0 Å². The molecule has 0 unspecified atom stereocenters. The molecule has 1 aliphatic carbocycles. The Labute approximate surface area is 111 Å². The molecule has 0 radical (unpaired) electrons. The fourth-order valence-electron chi connectivity index (χ4n) is 2.91. The third kappa shape index (κ3) is 1.90. The maximum Gasteiger partial charge on any atom is 0.133 e. The molecule has 94 valence electrons. The first kappa shape index (κ1) is 11.9. The molecule has 3 nitrogen and oxygen atoms in total. The van der Waals surface area contributed by atoms with Gasteiger partial charge >= 0.3 is 0 Å². The zero-order valence-corrected chi connectivity index (χ0v) is 10.6. The van der Waals surface area contributed by atoms with Gasteiger partial charge in [-0.1, -0.05) is 18.2 Å². The second-order valence-electron chi connectivity index (χ2n) is 5.11. The third-order valence-corrected chi connectivity index (χ3v) is 4.04. The van der Waals surface area contributed by atoms with Gasteiger partial charge in [0.25, 0.3) is 0 Å². The lowest BCUT2D eigenvalue weighted by molar-refractivity contribution is -0.120. The van der Waals surface area contributed by atoms with Crippen LogP contribution in [0.3, 0.4) is 0 Å². The number of pyridine rings is 1. The third-order valence-electron chi connectivity index (χ3n) is 4.04. The van der Waals surface area contributed by atoms with Crippen molar-refractivity contribution in [2.75, 3.05) is 0 Å². The molecule has 1 aromatic heterocycles. The average molecular weight is 250 g/mol. The number of ketones is 1. The molecule has 2 aromatic rings. The molecule has 0 N–H and O–H groups in total. The number of hydrogen-bond acceptors (Lipinski definition) is 3. The molecule has 3 heteroatoms. The van der Waals surface area contributed by atoms with Gasteiger partial charge in [0.1, 0.15) is 5.78 Å². The van der Waals surface area contributed by atoms with E-state index < -0.39 is 5.41 Å². The second-order valence-corrected chi connectivity index (χ2v) is 5.11. The van der Waals surface area contributed by atoms with Crippen molar-refractivity contribution in [2.45, 2.75) is 31.1 Å². The van der Waals surface area contributed by atoms with E-state index in [9.17, 15) is 10.1 Å². The van der Waals surface area contributed by atoms with Crippen LogP contribution >= 0.6 is 0 Å². The number of rotatable bonds is 1. The molecular weight excluding hydrogens is 236 g/mol. The molecule has 0 spiro atoms. The highest BCUT2D eigenvalue weighted by Crippen LogP contribution is 2.40. The standard InChI is InChI=1S/C16H14N2O/c17-11-16(8-5-12(19)6-9-16)14-7-10-18-15-4-2-1-3-13(14)15/h1-4,7,10H,5-6,8-9H2. The molecule has 1 fully saturated rings. The van der Waals surface area contributed by atoms with Crippen molar-refractivity contribution < 1.29 is 4.79 Å². The van der Waals surface area contributed by atoms with E-state index in [2.05, 4.69) is 11.1 Å². The van der Waals surface area contributed by atoms with Gasteiger partial charge in [-0.2, -0.15) is 5.26 Å². The molecule has 0 atom stereocenters. The molecular formula is C16H14N2O. The van der Waals surface area contributed by atoms with E-state index >= 15 is 0 Å². The Morgan fingerprint density at radius 2 is 1.89 bits per heavy atom. The van der Waals surface area contributed by atoms with E-state index in [1.165, 1.54) is 0 Å². The minimum absolute atomic E-state index is 0.268. The zero-order chi connectivity index (χ0) is 13.3. The van der Waals surface area contributed by atoms with Crippen LogP contribution in [-0.2, 0) is 10.2 Å². The highest BCUT2D eigenvalue weighted by molar-refractivity contribution is 5.85. The maximum absolute atomic E-state index is 11.4. The fourth-order valence-corrected chi connectivity index (χ4v) is 2.91. The van der Waals surface area contributed by atoms with E-state index in [1.807, 2.05) is 30.3 Å². The Morgan fingerprint density at radius 3 is 2.63 bits per heavy atom. The SMILES string of the molecule is N#CC1(c2ccnc3ccccc23)CCC(=O)CC1. The summed E-state index contributed by atoms with van der Waals surface area (Å²) < 4.78 is 0. The summed E-state index contributed by atoms with van der Waals surface area (Å²) in [6, 6.07) is 12.3. The molecule has 1 aliphatic rings. The number of carbonyl (C=O) groups is 1. The van der Waals surface area contributed by atoms with Crippen LogP contribution in [0.1, 0.15) is 31.2 Å². The normalized spacial score (nSPS) is 18.2. The summed E-state index contributed by atoms with van der Waals surface area (Å²) in [6.45, 7) is 0. The lowest BCUT2D eigenvalue weighted by Gasteiger charge is -2.31. The van der Waals surface area contributed by atoms with Crippen molar-refractivity contribution in [3.05, 3.63) is 42.1 Å². The number of para-hydroxylation sites is 1. The number of nitrogens with zero attached hydrogens (tertiary/aromatic N) is 2. The number of carbonyl (C=O) groups excluding carboxylic acids is 1. The van der Waals surface area contributed by atoms with E-state index in [-0.39, 0.29) is 5.78 Å². The van der Waals surface area contributed by atoms with Crippen LogP contribution in [0.4, 0.5) is 0 Å². The first-order valence-electron chi connectivity index (χ1n) is 6.52. The summed E-state index contributed by atoms with van der Waals surface area (Å²) >= 11 is 0. The van der Waals surface area contributed by atoms with Gasteiger partial charge in [0.2, 0.25) is 0 Å². The molecule has 19 heavy (non-hydrogen) atoms. The summed E-state index contributed by atoms with van der Waals surface area (Å²) in [5, 5.41) is 10.7. The molecule has 0 amide bonds. The monoisotopic (exact) mass is 250 g/mol. The number of Topliss-reactive ketones (excluding diaryl/α,β-unsaturated/α-hetero) is 1. The Morgan fingerprint density at radius 1 is 1.16 bits per heavy atom. The van der Waals surface area contributed by atoms with Crippen molar-refractivity contribution in [1.82, 2.24) is 4.98 Å². The van der Waals surface area contributed by atoms with Gasteiger partial charge in [-0.25, -0.2) is 0 Å². The topological polar surface area (TPSA) is 53.8 Å². The van der Waals surface area contributed by atoms with Crippen LogP contribution in [0.2, 0.25) is 0 Å². The van der Waals surface area contributed by atoms with Crippen molar-refractivity contribution in [3.8, 4) is 6.07 Å². The molecule has 1 heterocycles. The number of hydrogen-bond donors (Lipinski definition) is 0. The Balaban J connectivity index is 2.17. The fraction of sp³-hybridized carbons (Fsp3) is 0.312. The summed E-state index contributed by atoms with van der Waals surface area (Å²) in [7, 11) is 0. The molecule has 0 bridgehead atoms. The predicted molar refractivity (Wildman–Crippen MR) is 72.5 cm³/mol. The highest BCUT2D eigenvalue weighted by Gasteiger charge is 2.37. The lowest BCUT2D eigenvalue weighted by Crippen LogP contribution is -2.30. The van der Waals surface area contributed by atoms with Gasteiger partial charge in [0.05, 0.1) is 17.0 Å². The van der Waals surface area contributed by atoms with Gasteiger partial charge in [-0.15, -0.1) is 0 Å². The molecule has 0 saturated heterocycles. The maximum atomic E-state index is 11.4. The van der Waals surface area contributed by atoms with Crippen LogP contribution < -0.4 is 0 Å². The number of benzene rings is 1. The van der Waals surface area contributed by atoms with Crippen LogP contribution in [0.15, 0.2) is 36.5 Å². The van der Waals surface area contributed by atoms with E-state index in [1.54, 1.807) is 6.20 Å². The van der Waals surface area contributed by atoms with Crippen molar-refractivity contribution >= 4 is 16.7 Å². The Hall–Kier alpha value is -2.21. The van der Waals surface area contributed by atoms with E-state index in [0.717, 1.165) is 16.5 Å². The minimum Gasteiger partial charge on any atom is -0.300 e. The summed E-state index contributed by atoms with van der Waals surface area (Å²) in [6.07, 6.45) is 4.01. The first-order chi connectivity index (χ1) is 9.25. The Bertz CT molecular complexity index is 669. The van der Waals surface area contributed by atoms with E-state index in [0.29, 0.717) is 25.7 Å². The smallest absolute Gasteiger partial charge is 0.133 e. The zero-order valence-electron chi connectivity index (χ0n) is 10.6. The molecule has 1 saturated carbocycles.